The molecule has 3 heteroatoms. The molecule has 1 heterocycles. The van der Waals surface area contributed by atoms with E-state index in [0.29, 0.717) is 6.04 Å². The molecule has 10 heavy (non-hydrogen) atoms. The van der Waals surface area contributed by atoms with Gasteiger partial charge < -0.3 is 0 Å². The van der Waals surface area contributed by atoms with Gasteiger partial charge in [-0.3, -0.25) is 4.68 Å². The lowest BCUT2D eigenvalue weighted by Crippen LogP contribution is -2.05. The molecule has 1 atom stereocenters. The third kappa shape index (κ3) is 1.40. The number of hydrogen-bond donors (Lipinski definition) is 0. The van der Waals surface area contributed by atoms with E-state index in [-0.39, 0.29) is 0 Å². The summed E-state index contributed by atoms with van der Waals surface area (Å²) >= 11 is 3.41. The van der Waals surface area contributed by atoms with Gasteiger partial charge in [-0.1, -0.05) is 6.92 Å². The van der Waals surface area contributed by atoms with Crippen molar-refractivity contribution in [3.8, 4) is 0 Å². The lowest BCUT2D eigenvalue weighted by atomic mass is 10.3. The Kier molecular flexibility index (Phi) is 2.49. The van der Waals surface area contributed by atoms with Crippen LogP contribution in [0, 0.1) is 0 Å². The first-order valence-electron chi connectivity index (χ1n) is 3.44. The molecule has 0 saturated carbocycles. The largest absolute Gasteiger partial charge is 0.256 e. The zero-order chi connectivity index (χ0) is 7.56. The maximum Gasteiger partial charge on any atom is 0.104 e. The molecule has 56 valence electrons. The van der Waals surface area contributed by atoms with Gasteiger partial charge in [0.05, 0.1) is 12.2 Å². The quantitative estimate of drug-likeness (QED) is 0.722. The van der Waals surface area contributed by atoms with E-state index in [1.54, 1.807) is 6.20 Å². The fourth-order valence-corrected chi connectivity index (χ4v) is 1.35. The Morgan fingerprint density at radius 3 is 2.90 bits per heavy atom. The number of nitrogens with zero attached hydrogens (tertiary/aromatic N) is 2. The average Bonchev–Trinajstić information content (AvgIpc) is 2.34. The minimum atomic E-state index is 0.490. The number of aromatic nitrogens is 2. The smallest absolute Gasteiger partial charge is 0.104 e. The maximum absolute atomic E-state index is 4.16. The standard InChI is InChI=1S/C7H11BrN2/c1-3-6(2)10-7(8)4-5-9-10/h4-6H,3H2,1-2H3. The van der Waals surface area contributed by atoms with Crippen LogP contribution in [0.5, 0.6) is 0 Å². The van der Waals surface area contributed by atoms with E-state index >= 15 is 0 Å². The van der Waals surface area contributed by atoms with Crippen LogP contribution in [-0.2, 0) is 0 Å². The summed E-state index contributed by atoms with van der Waals surface area (Å²) in [6.07, 6.45) is 2.91. The monoisotopic (exact) mass is 202 g/mol. The summed E-state index contributed by atoms with van der Waals surface area (Å²) in [6.45, 7) is 4.30. The van der Waals surface area contributed by atoms with Crippen molar-refractivity contribution in [2.75, 3.05) is 0 Å². The fraction of sp³-hybridized carbons (Fsp3) is 0.571. The Balaban J connectivity index is 2.82. The molecule has 0 aromatic carbocycles. The number of hydrogen-bond acceptors (Lipinski definition) is 1. The van der Waals surface area contributed by atoms with Gasteiger partial charge >= 0.3 is 0 Å². The number of rotatable bonds is 2. The van der Waals surface area contributed by atoms with E-state index in [9.17, 15) is 0 Å². The van der Waals surface area contributed by atoms with Gasteiger partial charge in [-0.25, -0.2) is 0 Å². The molecule has 1 unspecified atom stereocenters. The third-order valence-corrected chi connectivity index (χ3v) is 2.26. The van der Waals surface area contributed by atoms with Crippen LogP contribution in [-0.4, -0.2) is 9.78 Å². The molecule has 1 aromatic rings. The van der Waals surface area contributed by atoms with Crippen molar-refractivity contribution < 1.29 is 0 Å². The van der Waals surface area contributed by atoms with Crippen LogP contribution in [0.1, 0.15) is 26.3 Å². The molecule has 0 aliphatic heterocycles. The van der Waals surface area contributed by atoms with E-state index in [0.717, 1.165) is 11.0 Å². The van der Waals surface area contributed by atoms with Crippen LogP contribution >= 0.6 is 15.9 Å². The Morgan fingerprint density at radius 1 is 1.80 bits per heavy atom. The molecular formula is C7H11BrN2. The Hall–Kier alpha value is -0.310. The highest BCUT2D eigenvalue weighted by molar-refractivity contribution is 9.10. The lowest BCUT2D eigenvalue weighted by molar-refractivity contribution is 0.469. The molecule has 0 aliphatic carbocycles. The molecule has 0 amide bonds. The van der Waals surface area contributed by atoms with Gasteiger partial charge in [-0.05, 0) is 35.3 Å². The summed E-state index contributed by atoms with van der Waals surface area (Å²) in [7, 11) is 0. The molecule has 0 spiro atoms. The van der Waals surface area contributed by atoms with Crippen LogP contribution in [0.25, 0.3) is 0 Å². The SMILES string of the molecule is CCC(C)n1nccc1Br. The molecule has 0 aliphatic rings. The average molecular weight is 203 g/mol. The summed E-state index contributed by atoms with van der Waals surface area (Å²) in [4.78, 5) is 0. The molecule has 0 bridgehead atoms. The van der Waals surface area contributed by atoms with Crippen LogP contribution in [0.15, 0.2) is 16.9 Å². The van der Waals surface area contributed by atoms with Crippen LogP contribution in [0.2, 0.25) is 0 Å². The highest BCUT2D eigenvalue weighted by atomic mass is 79.9. The summed E-state index contributed by atoms with van der Waals surface area (Å²) in [5.41, 5.74) is 0. The molecule has 2 nitrogen and oxygen atoms in total. The van der Waals surface area contributed by atoms with Crippen molar-refractivity contribution in [1.29, 1.82) is 0 Å². The third-order valence-electron chi connectivity index (χ3n) is 1.63. The van der Waals surface area contributed by atoms with Crippen molar-refractivity contribution in [3.63, 3.8) is 0 Å². The topological polar surface area (TPSA) is 17.8 Å². The first kappa shape index (κ1) is 7.79. The predicted molar refractivity (Wildman–Crippen MR) is 44.9 cm³/mol. The second-order valence-electron chi connectivity index (χ2n) is 2.36. The summed E-state index contributed by atoms with van der Waals surface area (Å²) in [6, 6.07) is 2.44. The van der Waals surface area contributed by atoms with E-state index in [4.69, 9.17) is 0 Å². The van der Waals surface area contributed by atoms with Gasteiger partial charge in [-0.15, -0.1) is 0 Å². The van der Waals surface area contributed by atoms with Gasteiger partial charge in [-0.2, -0.15) is 5.10 Å². The second-order valence-corrected chi connectivity index (χ2v) is 3.17. The first-order chi connectivity index (χ1) is 4.75. The van der Waals surface area contributed by atoms with Gasteiger partial charge in [0.25, 0.3) is 0 Å². The molecule has 1 rings (SSSR count). The van der Waals surface area contributed by atoms with Crippen molar-refractivity contribution in [2.24, 2.45) is 0 Å². The lowest BCUT2D eigenvalue weighted by Gasteiger charge is -2.09. The van der Waals surface area contributed by atoms with Crippen molar-refractivity contribution in [2.45, 2.75) is 26.3 Å². The molecule has 0 saturated heterocycles. The van der Waals surface area contributed by atoms with Crippen molar-refractivity contribution in [1.82, 2.24) is 9.78 Å². The van der Waals surface area contributed by atoms with Crippen LogP contribution in [0.3, 0.4) is 0 Å². The minimum Gasteiger partial charge on any atom is -0.256 e. The predicted octanol–water partition coefficient (Wildman–Crippen LogP) is 2.62. The zero-order valence-corrected chi connectivity index (χ0v) is 7.80. The minimum absolute atomic E-state index is 0.490. The van der Waals surface area contributed by atoms with E-state index in [1.807, 2.05) is 10.7 Å². The highest BCUT2D eigenvalue weighted by Gasteiger charge is 2.04. The van der Waals surface area contributed by atoms with Gasteiger partial charge in [0, 0.05) is 0 Å². The van der Waals surface area contributed by atoms with Gasteiger partial charge in [0.1, 0.15) is 4.60 Å². The first-order valence-corrected chi connectivity index (χ1v) is 4.24. The van der Waals surface area contributed by atoms with E-state index in [2.05, 4.69) is 34.9 Å². The number of halogens is 1. The Labute approximate surface area is 69.4 Å². The van der Waals surface area contributed by atoms with E-state index in [1.165, 1.54) is 0 Å². The fourth-order valence-electron chi connectivity index (χ4n) is 0.795. The van der Waals surface area contributed by atoms with Gasteiger partial charge in [0.2, 0.25) is 0 Å². The summed E-state index contributed by atoms with van der Waals surface area (Å²) in [5, 5.41) is 4.16. The van der Waals surface area contributed by atoms with Crippen LogP contribution in [0.4, 0.5) is 0 Å². The summed E-state index contributed by atoms with van der Waals surface area (Å²) < 4.78 is 3.03. The van der Waals surface area contributed by atoms with Crippen molar-refractivity contribution in [3.05, 3.63) is 16.9 Å². The normalized spacial score (nSPS) is 13.5. The van der Waals surface area contributed by atoms with Crippen molar-refractivity contribution >= 4 is 15.9 Å². The molecule has 1 aromatic heterocycles. The van der Waals surface area contributed by atoms with Crippen LogP contribution < -0.4 is 0 Å². The molecule has 0 fully saturated rings. The molecule has 0 radical (unpaired) electrons. The Morgan fingerprint density at radius 2 is 2.50 bits per heavy atom. The second kappa shape index (κ2) is 3.19. The maximum atomic E-state index is 4.16. The molecular weight excluding hydrogens is 192 g/mol. The highest BCUT2D eigenvalue weighted by Crippen LogP contribution is 2.16. The molecule has 0 N–H and O–H groups in total. The van der Waals surface area contributed by atoms with E-state index < -0.39 is 0 Å². The Bertz CT molecular complexity index is 207. The zero-order valence-electron chi connectivity index (χ0n) is 6.21. The van der Waals surface area contributed by atoms with Gasteiger partial charge in [0.15, 0.2) is 0 Å². The summed E-state index contributed by atoms with van der Waals surface area (Å²) in [5.74, 6) is 0.